The number of carbonyl (C=O) groups is 2. The van der Waals surface area contributed by atoms with E-state index in [9.17, 15) is 9.59 Å². The molecule has 1 saturated heterocycles. The maximum absolute atomic E-state index is 11.8. The Kier molecular flexibility index (Phi) is 5.68. The van der Waals surface area contributed by atoms with Crippen LogP contribution in [0.3, 0.4) is 0 Å². The van der Waals surface area contributed by atoms with Gasteiger partial charge in [-0.15, -0.1) is 0 Å². The van der Waals surface area contributed by atoms with Gasteiger partial charge in [0.25, 0.3) is 0 Å². The summed E-state index contributed by atoms with van der Waals surface area (Å²) < 4.78 is 5.50. The molecule has 0 aromatic heterocycles. The Morgan fingerprint density at radius 3 is 2.20 bits per heavy atom. The van der Waals surface area contributed by atoms with E-state index in [1.165, 1.54) is 5.56 Å². The number of carboxylic acids is 1. The molecule has 1 N–H and O–H groups in total. The number of aliphatic carboxylic acids is 1. The molecule has 1 aromatic rings. The van der Waals surface area contributed by atoms with Gasteiger partial charge in [-0.2, -0.15) is 0 Å². The number of nitrogens with zero attached hydrogens (tertiary/aromatic N) is 1. The third-order valence-corrected chi connectivity index (χ3v) is 4.74. The van der Waals surface area contributed by atoms with Crippen molar-refractivity contribution < 1.29 is 19.4 Å². The first-order valence-corrected chi connectivity index (χ1v) is 8.53. The van der Waals surface area contributed by atoms with Crippen molar-refractivity contribution in [2.24, 2.45) is 0 Å². The number of likely N-dealkylation sites (tertiary alicyclic amines) is 1. The average Bonchev–Trinajstić information content (AvgIpc) is 2.49. The SMILES string of the molecule is CC1(C)CC(OC(=O)C=CC(=O)O)CC(C)(C)N1Cc1ccccc1. The van der Waals surface area contributed by atoms with Crippen LogP contribution in [0.25, 0.3) is 0 Å². The molecule has 2 rings (SSSR count). The van der Waals surface area contributed by atoms with Crippen molar-refractivity contribution in [3.8, 4) is 0 Å². The molecule has 5 heteroatoms. The number of rotatable bonds is 5. The van der Waals surface area contributed by atoms with E-state index in [0.717, 1.165) is 18.7 Å². The third kappa shape index (κ3) is 5.16. The summed E-state index contributed by atoms with van der Waals surface area (Å²) in [6.07, 6.45) is 2.95. The summed E-state index contributed by atoms with van der Waals surface area (Å²) in [4.78, 5) is 24.8. The molecule has 1 aromatic carbocycles. The lowest BCUT2D eigenvalue weighted by molar-refractivity contribution is -0.155. The molecule has 0 saturated carbocycles. The summed E-state index contributed by atoms with van der Waals surface area (Å²) in [6, 6.07) is 10.3. The van der Waals surface area contributed by atoms with Crippen LogP contribution in [-0.2, 0) is 20.9 Å². The molecule has 0 radical (unpaired) electrons. The second-order valence-corrected chi connectivity index (χ2v) is 7.84. The number of hydrogen-bond donors (Lipinski definition) is 1. The fraction of sp³-hybridized carbons (Fsp3) is 0.500. The Labute approximate surface area is 149 Å². The molecule has 1 heterocycles. The number of carbonyl (C=O) groups excluding carboxylic acids is 1. The van der Waals surface area contributed by atoms with Crippen molar-refractivity contribution in [3.05, 3.63) is 48.0 Å². The lowest BCUT2D eigenvalue weighted by Crippen LogP contribution is -2.61. The molecule has 0 atom stereocenters. The fourth-order valence-electron chi connectivity index (χ4n) is 3.85. The minimum Gasteiger partial charge on any atom is -0.478 e. The van der Waals surface area contributed by atoms with Crippen molar-refractivity contribution in [2.75, 3.05) is 0 Å². The van der Waals surface area contributed by atoms with Crippen LogP contribution in [0.2, 0.25) is 0 Å². The smallest absolute Gasteiger partial charge is 0.331 e. The summed E-state index contributed by atoms with van der Waals surface area (Å²) in [7, 11) is 0. The van der Waals surface area contributed by atoms with Gasteiger partial charge in [0.2, 0.25) is 0 Å². The predicted molar refractivity (Wildman–Crippen MR) is 96.0 cm³/mol. The maximum atomic E-state index is 11.8. The number of benzene rings is 1. The standard InChI is InChI=1S/C20H27NO4/c1-19(2)12-16(25-18(24)11-10-17(22)23)13-20(3,4)21(19)14-15-8-6-5-7-9-15/h5-11,16H,12-14H2,1-4H3,(H,22,23). The Morgan fingerprint density at radius 2 is 1.68 bits per heavy atom. The zero-order valence-corrected chi connectivity index (χ0v) is 15.4. The van der Waals surface area contributed by atoms with Crippen LogP contribution in [-0.4, -0.2) is 39.1 Å². The molecule has 1 fully saturated rings. The predicted octanol–water partition coefficient (Wildman–Crippen LogP) is 3.39. The first-order chi connectivity index (χ1) is 11.6. The van der Waals surface area contributed by atoms with Crippen molar-refractivity contribution >= 4 is 11.9 Å². The van der Waals surface area contributed by atoms with Gasteiger partial charge < -0.3 is 9.84 Å². The summed E-state index contributed by atoms with van der Waals surface area (Å²) in [5, 5.41) is 8.61. The molecule has 25 heavy (non-hydrogen) atoms. The molecular weight excluding hydrogens is 318 g/mol. The summed E-state index contributed by atoms with van der Waals surface area (Å²) in [6.45, 7) is 9.46. The van der Waals surface area contributed by atoms with E-state index in [0.29, 0.717) is 12.8 Å². The second-order valence-electron chi connectivity index (χ2n) is 7.84. The van der Waals surface area contributed by atoms with Gasteiger partial charge in [-0.1, -0.05) is 30.3 Å². The number of carboxylic acid groups (broad SMARTS) is 1. The highest BCUT2D eigenvalue weighted by molar-refractivity contribution is 5.90. The monoisotopic (exact) mass is 345 g/mol. The van der Waals surface area contributed by atoms with Crippen LogP contribution >= 0.6 is 0 Å². The molecule has 0 bridgehead atoms. The van der Waals surface area contributed by atoms with E-state index < -0.39 is 11.9 Å². The highest BCUT2D eigenvalue weighted by Gasteiger charge is 2.46. The molecule has 5 nitrogen and oxygen atoms in total. The van der Waals surface area contributed by atoms with Gasteiger partial charge in [0.15, 0.2) is 0 Å². The molecule has 0 amide bonds. The van der Waals surface area contributed by atoms with Gasteiger partial charge >= 0.3 is 11.9 Å². The van der Waals surface area contributed by atoms with Crippen LogP contribution in [0.15, 0.2) is 42.5 Å². The van der Waals surface area contributed by atoms with Gasteiger partial charge in [-0.3, -0.25) is 4.90 Å². The topological polar surface area (TPSA) is 66.8 Å². The van der Waals surface area contributed by atoms with Gasteiger partial charge in [0, 0.05) is 42.6 Å². The first-order valence-electron chi connectivity index (χ1n) is 8.53. The van der Waals surface area contributed by atoms with E-state index in [-0.39, 0.29) is 17.2 Å². The highest BCUT2D eigenvalue weighted by atomic mass is 16.5. The summed E-state index contributed by atoms with van der Waals surface area (Å²) in [5.74, 6) is -1.76. The van der Waals surface area contributed by atoms with Crippen LogP contribution in [0, 0.1) is 0 Å². The Bertz CT molecular complexity index is 631. The van der Waals surface area contributed by atoms with E-state index in [1.807, 2.05) is 18.2 Å². The normalized spacial score (nSPS) is 20.5. The van der Waals surface area contributed by atoms with E-state index >= 15 is 0 Å². The van der Waals surface area contributed by atoms with Crippen molar-refractivity contribution in [1.82, 2.24) is 4.90 Å². The molecule has 0 spiro atoms. The quantitative estimate of drug-likeness (QED) is 0.654. The minimum atomic E-state index is -1.16. The minimum absolute atomic E-state index is 0.154. The average molecular weight is 345 g/mol. The van der Waals surface area contributed by atoms with Crippen LogP contribution in [0.5, 0.6) is 0 Å². The maximum Gasteiger partial charge on any atom is 0.331 e. The molecule has 0 aliphatic carbocycles. The summed E-state index contributed by atoms with van der Waals surface area (Å²) >= 11 is 0. The summed E-state index contributed by atoms with van der Waals surface area (Å²) in [5.41, 5.74) is 0.946. The Morgan fingerprint density at radius 1 is 1.12 bits per heavy atom. The zero-order chi connectivity index (χ0) is 18.7. The van der Waals surface area contributed by atoms with E-state index in [1.54, 1.807) is 0 Å². The highest BCUT2D eigenvalue weighted by Crippen LogP contribution is 2.40. The molecule has 1 aliphatic heterocycles. The molecule has 1 aliphatic rings. The van der Waals surface area contributed by atoms with Crippen molar-refractivity contribution in [1.29, 1.82) is 0 Å². The fourth-order valence-corrected chi connectivity index (χ4v) is 3.85. The molecule has 0 unspecified atom stereocenters. The number of esters is 1. The number of piperidine rings is 1. The van der Waals surface area contributed by atoms with Crippen LogP contribution in [0.4, 0.5) is 0 Å². The number of ether oxygens (including phenoxy) is 1. The van der Waals surface area contributed by atoms with Crippen molar-refractivity contribution in [2.45, 2.75) is 64.3 Å². The Balaban J connectivity index is 2.10. The largest absolute Gasteiger partial charge is 0.478 e. The molecule has 136 valence electrons. The van der Waals surface area contributed by atoms with Gasteiger partial charge in [0.1, 0.15) is 6.10 Å². The Hall–Kier alpha value is -2.14. The lowest BCUT2D eigenvalue weighted by Gasteiger charge is -2.55. The number of hydrogen-bond acceptors (Lipinski definition) is 4. The van der Waals surface area contributed by atoms with Crippen LogP contribution < -0.4 is 0 Å². The first kappa shape index (κ1) is 19.2. The van der Waals surface area contributed by atoms with Gasteiger partial charge in [0.05, 0.1) is 0 Å². The third-order valence-electron chi connectivity index (χ3n) is 4.74. The lowest BCUT2D eigenvalue weighted by atomic mass is 9.77. The van der Waals surface area contributed by atoms with Crippen molar-refractivity contribution in [3.63, 3.8) is 0 Å². The zero-order valence-electron chi connectivity index (χ0n) is 15.4. The van der Waals surface area contributed by atoms with E-state index in [2.05, 4.69) is 44.7 Å². The second kappa shape index (κ2) is 7.40. The van der Waals surface area contributed by atoms with Gasteiger partial charge in [-0.25, -0.2) is 9.59 Å². The van der Waals surface area contributed by atoms with Crippen LogP contribution in [0.1, 0.15) is 46.1 Å². The van der Waals surface area contributed by atoms with Gasteiger partial charge in [-0.05, 0) is 33.3 Å². The molecular formula is C20H27NO4. The van der Waals surface area contributed by atoms with E-state index in [4.69, 9.17) is 9.84 Å².